The second-order valence-electron chi connectivity index (χ2n) is 8.82. The number of nitrogens with one attached hydrogen (secondary N) is 1. The normalized spacial score (nSPS) is 17.2. The lowest BCUT2D eigenvalue weighted by molar-refractivity contribution is 0.00578. The van der Waals surface area contributed by atoms with Gasteiger partial charge in [0.05, 0.1) is 18.3 Å². The smallest absolute Gasteiger partial charge is 0.481 e. The lowest BCUT2D eigenvalue weighted by Gasteiger charge is -2.32. The number of carbonyl (C=O) groups is 1. The van der Waals surface area contributed by atoms with E-state index in [4.69, 9.17) is 18.8 Å². The molecular formula is C24H31BN2O5. The maximum atomic E-state index is 12.3. The Morgan fingerprint density at radius 3 is 2.41 bits per heavy atom. The summed E-state index contributed by atoms with van der Waals surface area (Å²) in [5.74, 6) is 0.571. The number of aryl methyl sites for hydroxylation is 1. The Morgan fingerprint density at radius 2 is 1.81 bits per heavy atom. The Morgan fingerprint density at radius 1 is 1.16 bits per heavy atom. The van der Waals surface area contributed by atoms with Crippen LogP contribution in [0, 0.1) is 6.92 Å². The van der Waals surface area contributed by atoms with Crippen molar-refractivity contribution < 1.29 is 23.6 Å². The summed E-state index contributed by atoms with van der Waals surface area (Å²) in [7, 11) is 0.975. The molecule has 1 aromatic heterocycles. The fourth-order valence-electron chi connectivity index (χ4n) is 3.24. The van der Waals surface area contributed by atoms with E-state index in [-0.39, 0.29) is 13.2 Å². The third kappa shape index (κ3) is 5.69. The maximum Gasteiger partial charge on any atom is 0.492 e. The Balaban J connectivity index is 1.75. The molecule has 1 aliphatic rings. The second kappa shape index (κ2) is 9.75. The van der Waals surface area contributed by atoms with Crippen LogP contribution in [0.3, 0.4) is 0 Å². The van der Waals surface area contributed by atoms with E-state index in [1.165, 1.54) is 0 Å². The predicted octanol–water partition coefficient (Wildman–Crippen LogP) is 4.34. The average Bonchev–Trinajstić information content (AvgIpc) is 2.97. The Kier molecular flexibility index (Phi) is 7.26. The minimum Gasteiger partial charge on any atom is -0.481 e. The standard InChI is InChI=1S/C24H31BN2O5/c1-17-12-19(14-26-21(17)29-6)13-20(25-31-23(2,3)24(4,5)32-25)15-27-22(28)30-16-18-10-8-7-9-11-18/h7-14H,15-16H2,1-6H3,(H,27,28). The third-order valence-corrected chi connectivity index (χ3v) is 5.80. The first-order chi connectivity index (χ1) is 15.1. The van der Waals surface area contributed by atoms with Crippen molar-refractivity contribution in [2.75, 3.05) is 13.7 Å². The van der Waals surface area contributed by atoms with Crippen LogP contribution in [0.4, 0.5) is 4.79 Å². The van der Waals surface area contributed by atoms with E-state index < -0.39 is 24.4 Å². The van der Waals surface area contributed by atoms with Gasteiger partial charge in [-0.2, -0.15) is 0 Å². The molecule has 2 aromatic rings. The van der Waals surface area contributed by atoms with Crippen molar-refractivity contribution in [3.05, 3.63) is 64.8 Å². The highest BCUT2D eigenvalue weighted by Gasteiger charge is 2.52. The predicted molar refractivity (Wildman–Crippen MR) is 124 cm³/mol. The summed E-state index contributed by atoms with van der Waals surface area (Å²) in [4.78, 5) is 16.6. The minimum atomic E-state index is -0.614. The Bertz CT molecular complexity index is 960. The minimum absolute atomic E-state index is 0.198. The van der Waals surface area contributed by atoms with Crippen LogP contribution in [0.2, 0.25) is 0 Å². The number of benzene rings is 1. The van der Waals surface area contributed by atoms with E-state index in [1.807, 2.05) is 77.1 Å². The molecule has 1 amide bonds. The van der Waals surface area contributed by atoms with Crippen LogP contribution >= 0.6 is 0 Å². The van der Waals surface area contributed by atoms with Crippen LogP contribution in [-0.2, 0) is 20.7 Å². The molecule has 0 aliphatic carbocycles. The summed E-state index contributed by atoms with van der Waals surface area (Å²) in [5.41, 5.74) is 2.44. The number of methoxy groups -OCH3 is 1. The first-order valence-electron chi connectivity index (χ1n) is 10.6. The number of amides is 1. The van der Waals surface area contributed by atoms with Crippen LogP contribution < -0.4 is 10.1 Å². The molecule has 3 rings (SSSR count). The number of nitrogens with zero attached hydrogens (tertiary/aromatic N) is 1. The molecular weight excluding hydrogens is 407 g/mol. The van der Waals surface area contributed by atoms with Gasteiger partial charge in [0.1, 0.15) is 6.61 Å². The van der Waals surface area contributed by atoms with Crippen molar-refractivity contribution in [2.45, 2.75) is 52.4 Å². The monoisotopic (exact) mass is 438 g/mol. The summed E-state index contributed by atoms with van der Waals surface area (Å²) < 4.78 is 23.0. The molecule has 1 fully saturated rings. The molecule has 1 aromatic carbocycles. The van der Waals surface area contributed by atoms with E-state index in [2.05, 4.69) is 10.3 Å². The van der Waals surface area contributed by atoms with E-state index in [0.717, 1.165) is 22.2 Å². The number of aromatic nitrogens is 1. The van der Waals surface area contributed by atoms with Crippen LogP contribution in [0.15, 0.2) is 48.1 Å². The quantitative estimate of drug-likeness (QED) is 0.648. The van der Waals surface area contributed by atoms with Gasteiger partial charge in [0, 0.05) is 18.3 Å². The zero-order valence-electron chi connectivity index (χ0n) is 19.6. The number of hydrogen-bond acceptors (Lipinski definition) is 6. The number of pyridine rings is 1. The van der Waals surface area contributed by atoms with E-state index in [9.17, 15) is 4.79 Å². The van der Waals surface area contributed by atoms with Gasteiger partial charge in [0.25, 0.3) is 0 Å². The van der Waals surface area contributed by atoms with Crippen LogP contribution in [-0.4, -0.2) is 43.1 Å². The number of rotatable bonds is 7. The molecule has 32 heavy (non-hydrogen) atoms. The first kappa shape index (κ1) is 23.8. The van der Waals surface area contributed by atoms with Crippen molar-refractivity contribution in [3.8, 4) is 5.88 Å². The third-order valence-electron chi connectivity index (χ3n) is 5.80. The molecule has 1 aliphatic heterocycles. The van der Waals surface area contributed by atoms with Gasteiger partial charge in [-0.25, -0.2) is 9.78 Å². The maximum absolute atomic E-state index is 12.3. The van der Waals surface area contributed by atoms with Crippen molar-refractivity contribution >= 4 is 19.3 Å². The second-order valence-corrected chi connectivity index (χ2v) is 8.82. The highest BCUT2D eigenvalue weighted by Crippen LogP contribution is 2.38. The SMILES string of the molecule is COc1ncc(C=C(CNC(=O)OCc2ccccc2)B2OC(C)(C)C(C)(C)O2)cc1C. The number of carbonyl (C=O) groups excluding carboxylic acids is 1. The number of ether oxygens (including phenoxy) is 2. The Hall–Kier alpha value is -2.84. The Labute approximate surface area is 190 Å². The molecule has 0 atom stereocenters. The summed E-state index contributed by atoms with van der Waals surface area (Å²) in [6.07, 6.45) is 3.12. The van der Waals surface area contributed by atoms with Gasteiger partial charge in [-0.3, -0.25) is 0 Å². The van der Waals surface area contributed by atoms with Gasteiger partial charge >= 0.3 is 13.2 Å². The van der Waals surface area contributed by atoms with E-state index in [1.54, 1.807) is 13.3 Å². The number of alkyl carbamates (subject to hydrolysis) is 1. The number of hydrogen-bond donors (Lipinski definition) is 1. The van der Waals surface area contributed by atoms with Crippen molar-refractivity contribution in [1.82, 2.24) is 10.3 Å². The molecule has 0 radical (unpaired) electrons. The van der Waals surface area contributed by atoms with E-state index in [0.29, 0.717) is 5.88 Å². The molecule has 1 saturated heterocycles. The van der Waals surface area contributed by atoms with Crippen LogP contribution in [0.1, 0.15) is 44.4 Å². The van der Waals surface area contributed by atoms with Crippen LogP contribution in [0.25, 0.3) is 6.08 Å². The molecule has 0 saturated carbocycles. The highest BCUT2D eigenvalue weighted by molar-refractivity contribution is 6.56. The summed E-state index contributed by atoms with van der Waals surface area (Å²) in [5, 5.41) is 2.81. The molecule has 0 spiro atoms. The molecule has 7 nitrogen and oxygen atoms in total. The van der Waals surface area contributed by atoms with Crippen LogP contribution in [0.5, 0.6) is 5.88 Å². The summed E-state index contributed by atoms with van der Waals surface area (Å²) in [6, 6.07) is 11.5. The largest absolute Gasteiger partial charge is 0.492 e. The van der Waals surface area contributed by atoms with Gasteiger partial charge in [-0.05, 0) is 57.3 Å². The van der Waals surface area contributed by atoms with Crippen molar-refractivity contribution in [2.24, 2.45) is 0 Å². The highest BCUT2D eigenvalue weighted by atomic mass is 16.7. The molecule has 0 bridgehead atoms. The molecule has 8 heteroatoms. The fourth-order valence-corrected chi connectivity index (χ4v) is 3.24. The molecule has 0 unspecified atom stereocenters. The molecule has 170 valence electrons. The van der Waals surface area contributed by atoms with Gasteiger partial charge in [-0.15, -0.1) is 0 Å². The summed E-state index contributed by atoms with van der Waals surface area (Å²) >= 11 is 0. The topological polar surface area (TPSA) is 78.9 Å². The van der Waals surface area contributed by atoms with Gasteiger partial charge < -0.3 is 24.1 Å². The van der Waals surface area contributed by atoms with Gasteiger partial charge in [0.15, 0.2) is 0 Å². The molecule has 2 heterocycles. The van der Waals surface area contributed by atoms with Crippen molar-refractivity contribution in [3.63, 3.8) is 0 Å². The van der Waals surface area contributed by atoms with E-state index >= 15 is 0 Å². The fraction of sp³-hybridized carbons (Fsp3) is 0.417. The first-order valence-corrected chi connectivity index (χ1v) is 10.6. The lowest BCUT2D eigenvalue weighted by Crippen LogP contribution is -2.41. The lowest BCUT2D eigenvalue weighted by atomic mass is 9.77. The van der Waals surface area contributed by atoms with Gasteiger partial charge in [-0.1, -0.05) is 36.4 Å². The van der Waals surface area contributed by atoms with Crippen molar-refractivity contribution in [1.29, 1.82) is 0 Å². The zero-order chi connectivity index (χ0) is 23.4. The van der Waals surface area contributed by atoms with Gasteiger partial charge in [0.2, 0.25) is 5.88 Å². The zero-order valence-corrected chi connectivity index (χ0v) is 19.6. The molecule has 1 N–H and O–H groups in total. The summed E-state index contributed by atoms with van der Waals surface area (Å²) in [6.45, 7) is 10.3. The average molecular weight is 438 g/mol.